The number of morpholine rings is 1. The number of pyridine rings is 1. The minimum absolute atomic E-state index is 0.666. The Balaban J connectivity index is 1.44. The Labute approximate surface area is 138 Å². The molecule has 0 N–H and O–H groups in total. The molecule has 0 amide bonds. The lowest BCUT2D eigenvalue weighted by atomic mass is 10.0. The van der Waals surface area contributed by atoms with Crippen molar-refractivity contribution < 1.29 is 4.74 Å². The van der Waals surface area contributed by atoms with Crippen LogP contribution in [0.5, 0.6) is 0 Å². The molecule has 0 spiro atoms. The molecule has 122 valence electrons. The van der Waals surface area contributed by atoms with Crippen LogP contribution in [0.3, 0.4) is 0 Å². The summed E-state index contributed by atoms with van der Waals surface area (Å²) >= 11 is 0. The molecule has 23 heavy (non-hydrogen) atoms. The normalized spacial score (nSPS) is 26.8. The number of para-hydroxylation sites is 1. The third-order valence-corrected chi connectivity index (χ3v) is 5.20. The van der Waals surface area contributed by atoms with Crippen molar-refractivity contribution >= 4 is 10.9 Å². The number of ether oxygens (including phenoxy) is 1. The van der Waals surface area contributed by atoms with Gasteiger partial charge in [-0.25, -0.2) is 0 Å². The molecular formula is C19H25N3O. The number of likely N-dealkylation sites (tertiary alicyclic amines) is 1. The predicted octanol–water partition coefficient (Wildman–Crippen LogP) is 2.39. The highest BCUT2D eigenvalue weighted by Gasteiger charge is 2.34. The maximum atomic E-state index is 5.49. The van der Waals surface area contributed by atoms with Crippen LogP contribution in [0.1, 0.15) is 12.6 Å². The second-order valence-corrected chi connectivity index (χ2v) is 6.88. The van der Waals surface area contributed by atoms with E-state index in [1.165, 1.54) is 11.1 Å². The highest BCUT2D eigenvalue weighted by molar-refractivity contribution is 5.78. The van der Waals surface area contributed by atoms with Crippen molar-refractivity contribution in [2.75, 3.05) is 39.4 Å². The van der Waals surface area contributed by atoms with Gasteiger partial charge in [-0.05, 0) is 18.1 Å². The molecule has 3 heterocycles. The summed E-state index contributed by atoms with van der Waals surface area (Å²) < 4.78 is 5.49. The summed E-state index contributed by atoms with van der Waals surface area (Å²) in [6, 6.07) is 13.4. The van der Waals surface area contributed by atoms with Crippen molar-refractivity contribution in [3.63, 3.8) is 0 Å². The van der Waals surface area contributed by atoms with Gasteiger partial charge in [-0.1, -0.05) is 31.2 Å². The van der Waals surface area contributed by atoms with Gasteiger partial charge >= 0.3 is 0 Å². The Morgan fingerprint density at radius 3 is 2.78 bits per heavy atom. The van der Waals surface area contributed by atoms with E-state index in [0.29, 0.717) is 12.0 Å². The predicted molar refractivity (Wildman–Crippen MR) is 92.4 cm³/mol. The molecular weight excluding hydrogens is 286 g/mol. The second kappa shape index (κ2) is 6.56. The number of nitrogens with zero attached hydrogens (tertiary/aromatic N) is 3. The molecule has 2 saturated heterocycles. The Hall–Kier alpha value is -1.49. The molecule has 4 nitrogen and oxygen atoms in total. The summed E-state index contributed by atoms with van der Waals surface area (Å²) in [5.41, 5.74) is 2.28. The number of rotatable bonds is 3. The van der Waals surface area contributed by atoms with E-state index < -0.39 is 0 Å². The maximum Gasteiger partial charge on any atom is 0.0705 e. The molecule has 2 fully saturated rings. The SMILES string of the molecule is C[C@@H]1CN(Cc2ccc3ccccc3n2)C[C@@H]1N1CCOCC1. The topological polar surface area (TPSA) is 28.6 Å². The number of benzene rings is 1. The van der Waals surface area contributed by atoms with Gasteiger partial charge in [0.15, 0.2) is 0 Å². The molecule has 0 saturated carbocycles. The first-order chi connectivity index (χ1) is 11.3. The first kappa shape index (κ1) is 15.1. The molecule has 0 radical (unpaired) electrons. The number of fused-ring (bicyclic) bond motifs is 1. The number of aromatic nitrogens is 1. The van der Waals surface area contributed by atoms with E-state index in [1.807, 2.05) is 0 Å². The summed E-state index contributed by atoms with van der Waals surface area (Å²) in [5, 5.41) is 1.22. The van der Waals surface area contributed by atoms with Gasteiger partial charge in [-0.3, -0.25) is 14.8 Å². The molecule has 2 atom stereocenters. The Kier molecular flexibility index (Phi) is 4.29. The van der Waals surface area contributed by atoms with Crippen molar-refractivity contribution in [2.24, 2.45) is 5.92 Å². The van der Waals surface area contributed by atoms with E-state index in [2.05, 4.69) is 53.1 Å². The third kappa shape index (κ3) is 3.25. The van der Waals surface area contributed by atoms with Crippen LogP contribution in [-0.2, 0) is 11.3 Å². The van der Waals surface area contributed by atoms with Gasteiger partial charge in [-0.2, -0.15) is 0 Å². The maximum absolute atomic E-state index is 5.49. The zero-order valence-corrected chi connectivity index (χ0v) is 13.8. The van der Waals surface area contributed by atoms with Gasteiger partial charge in [0.1, 0.15) is 0 Å². The van der Waals surface area contributed by atoms with Crippen LogP contribution in [0.4, 0.5) is 0 Å². The van der Waals surface area contributed by atoms with Crippen LogP contribution in [0.25, 0.3) is 10.9 Å². The average molecular weight is 311 g/mol. The summed E-state index contributed by atoms with van der Waals surface area (Å²) in [4.78, 5) is 10.00. The van der Waals surface area contributed by atoms with Gasteiger partial charge < -0.3 is 4.74 Å². The Morgan fingerprint density at radius 2 is 1.91 bits per heavy atom. The molecule has 0 bridgehead atoms. The second-order valence-electron chi connectivity index (χ2n) is 6.88. The van der Waals surface area contributed by atoms with Crippen LogP contribution in [0.2, 0.25) is 0 Å². The zero-order valence-electron chi connectivity index (χ0n) is 13.8. The summed E-state index contributed by atoms with van der Waals surface area (Å²) in [6.07, 6.45) is 0. The van der Waals surface area contributed by atoms with Gasteiger partial charge in [0.05, 0.1) is 24.4 Å². The van der Waals surface area contributed by atoms with Crippen molar-refractivity contribution in [1.29, 1.82) is 0 Å². The highest BCUT2D eigenvalue weighted by Crippen LogP contribution is 2.24. The highest BCUT2D eigenvalue weighted by atomic mass is 16.5. The number of hydrogen-bond acceptors (Lipinski definition) is 4. The van der Waals surface area contributed by atoms with Crippen molar-refractivity contribution in [3.8, 4) is 0 Å². The van der Waals surface area contributed by atoms with Crippen LogP contribution >= 0.6 is 0 Å². The largest absolute Gasteiger partial charge is 0.379 e. The molecule has 0 aliphatic carbocycles. The monoisotopic (exact) mass is 311 g/mol. The fourth-order valence-corrected chi connectivity index (χ4v) is 3.99. The van der Waals surface area contributed by atoms with Crippen molar-refractivity contribution in [2.45, 2.75) is 19.5 Å². The average Bonchev–Trinajstić information content (AvgIpc) is 2.96. The van der Waals surface area contributed by atoms with Gasteiger partial charge in [0.2, 0.25) is 0 Å². The molecule has 2 aromatic rings. The lowest BCUT2D eigenvalue weighted by Gasteiger charge is -2.34. The minimum Gasteiger partial charge on any atom is -0.379 e. The summed E-state index contributed by atoms with van der Waals surface area (Å²) in [6.45, 7) is 9.58. The third-order valence-electron chi connectivity index (χ3n) is 5.20. The van der Waals surface area contributed by atoms with E-state index in [1.54, 1.807) is 0 Å². The lowest BCUT2D eigenvalue weighted by molar-refractivity contribution is 0.0117. The van der Waals surface area contributed by atoms with Crippen LogP contribution in [0.15, 0.2) is 36.4 Å². The standard InChI is InChI=1S/C19H25N3O/c1-15-12-21(14-19(15)22-8-10-23-11-9-22)13-17-7-6-16-4-2-3-5-18(16)20-17/h2-7,15,19H,8-14H2,1H3/t15-,19+/m1/s1. The smallest absolute Gasteiger partial charge is 0.0705 e. The van der Waals surface area contributed by atoms with E-state index in [9.17, 15) is 0 Å². The first-order valence-electron chi connectivity index (χ1n) is 8.68. The summed E-state index contributed by atoms with van der Waals surface area (Å²) in [7, 11) is 0. The zero-order chi connectivity index (χ0) is 15.6. The van der Waals surface area contributed by atoms with Crippen LogP contribution in [-0.4, -0.2) is 60.2 Å². The van der Waals surface area contributed by atoms with Gasteiger partial charge in [-0.15, -0.1) is 0 Å². The minimum atomic E-state index is 0.666. The molecule has 4 heteroatoms. The molecule has 4 rings (SSSR count). The van der Waals surface area contributed by atoms with Gasteiger partial charge in [0.25, 0.3) is 0 Å². The first-order valence-corrected chi connectivity index (χ1v) is 8.68. The molecule has 1 aromatic heterocycles. The number of hydrogen-bond donors (Lipinski definition) is 0. The van der Waals surface area contributed by atoms with E-state index in [0.717, 1.165) is 51.5 Å². The molecule has 2 aliphatic rings. The molecule has 0 unspecified atom stereocenters. The van der Waals surface area contributed by atoms with Crippen molar-refractivity contribution in [3.05, 3.63) is 42.1 Å². The molecule has 1 aromatic carbocycles. The van der Waals surface area contributed by atoms with Crippen LogP contribution in [0, 0.1) is 5.92 Å². The van der Waals surface area contributed by atoms with E-state index in [-0.39, 0.29) is 0 Å². The fourth-order valence-electron chi connectivity index (χ4n) is 3.99. The Bertz CT molecular complexity index is 668. The van der Waals surface area contributed by atoms with E-state index >= 15 is 0 Å². The summed E-state index contributed by atoms with van der Waals surface area (Å²) in [5.74, 6) is 0.716. The lowest BCUT2D eigenvalue weighted by Crippen LogP contribution is -2.46. The van der Waals surface area contributed by atoms with Gasteiger partial charge in [0, 0.05) is 44.2 Å². The Morgan fingerprint density at radius 1 is 1.09 bits per heavy atom. The fraction of sp³-hybridized carbons (Fsp3) is 0.526. The van der Waals surface area contributed by atoms with Crippen LogP contribution < -0.4 is 0 Å². The molecule has 2 aliphatic heterocycles. The quantitative estimate of drug-likeness (QED) is 0.870. The van der Waals surface area contributed by atoms with E-state index in [4.69, 9.17) is 9.72 Å². The van der Waals surface area contributed by atoms with Crippen molar-refractivity contribution in [1.82, 2.24) is 14.8 Å².